The van der Waals surface area contributed by atoms with Crippen molar-refractivity contribution in [3.63, 3.8) is 0 Å². The number of hydrogen-bond acceptors (Lipinski definition) is 3. The average Bonchev–Trinajstić information content (AvgIpc) is 2.43. The molecule has 0 aliphatic heterocycles. The van der Waals surface area contributed by atoms with Crippen molar-refractivity contribution in [3.8, 4) is 0 Å². The van der Waals surface area contributed by atoms with Gasteiger partial charge in [0.2, 0.25) is 10.0 Å². The molecule has 100 valence electrons. The summed E-state index contributed by atoms with van der Waals surface area (Å²) in [4.78, 5) is 0.291. The van der Waals surface area contributed by atoms with E-state index in [9.17, 15) is 8.42 Å². The molecule has 6 heteroatoms. The molecule has 1 rings (SSSR count). The molecule has 1 fully saturated rings. The molecule has 0 aromatic heterocycles. The smallest absolute Gasteiger partial charge is 0.212 e. The van der Waals surface area contributed by atoms with Gasteiger partial charge < -0.3 is 5.73 Å². The van der Waals surface area contributed by atoms with Crippen molar-refractivity contribution in [1.82, 2.24) is 4.72 Å². The van der Waals surface area contributed by atoms with Crippen molar-refractivity contribution in [3.05, 3.63) is 0 Å². The van der Waals surface area contributed by atoms with Gasteiger partial charge in [-0.05, 0) is 19.3 Å². The number of sulfonamides is 1. The zero-order valence-electron chi connectivity index (χ0n) is 10.4. The highest BCUT2D eigenvalue weighted by atomic mass is 32.2. The third-order valence-corrected chi connectivity index (χ3v) is 5.29. The number of nitrogens with one attached hydrogen (secondary N) is 1. The van der Waals surface area contributed by atoms with E-state index in [1.54, 1.807) is 0 Å². The number of nitrogens with two attached hydrogens (primary N) is 1. The lowest BCUT2D eigenvalue weighted by Crippen LogP contribution is -2.56. The molecular weight excluding hydrogens is 256 g/mol. The van der Waals surface area contributed by atoms with Crippen LogP contribution in [0.4, 0.5) is 0 Å². The van der Waals surface area contributed by atoms with Crippen LogP contribution in [0.25, 0.3) is 0 Å². The van der Waals surface area contributed by atoms with Gasteiger partial charge in [-0.1, -0.05) is 44.8 Å². The molecule has 0 amide bonds. The standard InChI is InChI=1S/C11H22N2O2S2/c1-2-9-17(14,15)13-11(10(12)16)7-5-3-4-6-8-11/h13H,2-9H2,1H3,(H2,12,16). The van der Waals surface area contributed by atoms with Gasteiger partial charge in [-0.25, -0.2) is 13.1 Å². The van der Waals surface area contributed by atoms with E-state index in [-0.39, 0.29) is 5.75 Å². The number of rotatable bonds is 5. The van der Waals surface area contributed by atoms with Crippen LogP contribution in [0.15, 0.2) is 0 Å². The van der Waals surface area contributed by atoms with Crippen molar-refractivity contribution < 1.29 is 8.42 Å². The molecule has 0 atom stereocenters. The van der Waals surface area contributed by atoms with Crippen LogP contribution in [0.1, 0.15) is 51.9 Å². The molecule has 0 heterocycles. The van der Waals surface area contributed by atoms with Gasteiger partial charge in [0.1, 0.15) is 0 Å². The monoisotopic (exact) mass is 278 g/mol. The van der Waals surface area contributed by atoms with Crippen LogP contribution >= 0.6 is 12.2 Å². The third kappa shape index (κ3) is 4.19. The molecule has 0 aromatic carbocycles. The van der Waals surface area contributed by atoms with Crippen molar-refractivity contribution in [2.45, 2.75) is 57.4 Å². The third-order valence-electron chi connectivity index (χ3n) is 3.25. The van der Waals surface area contributed by atoms with Crippen LogP contribution in [0.3, 0.4) is 0 Å². The molecule has 0 saturated heterocycles. The molecule has 17 heavy (non-hydrogen) atoms. The summed E-state index contributed by atoms with van der Waals surface area (Å²) in [6, 6.07) is 0. The van der Waals surface area contributed by atoms with Gasteiger partial charge in [-0.15, -0.1) is 0 Å². The molecule has 0 radical (unpaired) electrons. The first-order chi connectivity index (χ1) is 7.92. The highest BCUT2D eigenvalue weighted by Gasteiger charge is 2.37. The van der Waals surface area contributed by atoms with E-state index in [1.807, 2.05) is 6.92 Å². The molecule has 4 nitrogen and oxygen atoms in total. The Bertz CT molecular complexity index is 358. The molecule has 3 N–H and O–H groups in total. The molecule has 0 aromatic rings. The van der Waals surface area contributed by atoms with Gasteiger partial charge in [0.15, 0.2) is 0 Å². The fourth-order valence-corrected chi connectivity index (χ4v) is 4.22. The maximum atomic E-state index is 11.9. The van der Waals surface area contributed by atoms with Gasteiger partial charge in [0, 0.05) is 0 Å². The Labute approximate surface area is 109 Å². The van der Waals surface area contributed by atoms with E-state index in [4.69, 9.17) is 18.0 Å². The zero-order valence-corrected chi connectivity index (χ0v) is 12.0. The Morgan fingerprint density at radius 1 is 1.29 bits per heavy atom. The first-order valence-corrected chi connectivity index (χ1v) is 8.29. The van der Waals surface area contributed by atoms with E-state index in [1.165, 1.54) is 0 Å². The van der Waals surface area contributed by atoms with E-state index in [2.05, 4.69) is 4.72 Å². The second kappa shape index (κ2) is 6.11. The predicted molar refractivity (Wildman–Crippen MR) is 74.4 cm³/mol. The summed E-state index contributed by atoms with van der Waals surface area (Å²) >= 11 is 5.09. The van der Waals surface area contributed by atoms with Crippen LogP contribution in [-0.2, 0) is 10.0 Å². The summed E-state index contributed by atoms with van der Waals surface area (Å²) in [5, 5.41) is 0. The van der Waals surface area contributed by atoms with Crippen molar-refractivity contribution >= 4 is 27.2 Å². The van der Waals surface area contributed by atoms with Gasteiger partial charge in [0.25, 0.3) is 0 Å². The largest absolute Gasteiger partial charge is 0.392 e. The summed E-state index contributed by atoms with van der Waals surface area (Å²) in [7, 11) is -3.27. The minimum absolute atomic E-state index is 0.136. The molecule has 1 saturated carbocycles. The van der Waals surface area contributed by atoms with Gasteiger partial charge in [-0.2, -0.15) is 0 Å². The molecule has 0 unspecified atom stereocenters. The molecular formula is C11H22N2O2S2. The van der Waals surface area contributed by atoms with Crippen molar-refractivity contribution in [2.75, 3.05) is 5.75 Å². The van der Waals surface area contributed by atoms with E-state index < -0.39 is 15.6 Å². The lowest BCUT2D eigenvalue weighted by atomic mass is 9.91. The van der Waals surface area contributed by atoms with Gasteiger partial charge in [-0.3, -0.25) is 0 Å². The Balaban J connectivity index is 2.88. The summed E-state index contributed by atoms with van der Waals surface area (Å²) in [5.41, 5.74) is 5.10. The number of hydrogen-bond donors (Lipinski definition) is 2. The molecule has 0 bridgehead atoms. The summed E-state index contributed by atoms with van der Waals surface area (Å²) < 4.78 is 26.5. The molecule has 0 spiro atoms. The summed E-state index contributed by atoms with van der Waals surface area (Å²) in [5.74, 6) is 0.136. The summed E-state index contributed by atoms with van der Waals surface area (Å²) in [6.07, 6.45) is 6.26. The Morgan fingerprint density at radius 2 is 1.82 bits per heavy atom. The van der Waals surface area contributed by atoms with Crippen LogP contribution < -0.4 is 10.5 Å². The van der Waals surface area contributed by atoms with E-state index in [0.717, 1.165) is 38.5 Å². The Hall–Kier alpha value is -0.200. The highest BCUT2D eigenvalue weighted by Crippen LogP contribution is 2.28. The Morgan fingerprint density at radius 3 is 2.24 bits per heavy atom. The zero-order chi connectivity index (χ0) is 12.9. The van der Waals surface area contributed by atoms with Crippen molar-refractivity contribution in [2.24, 2.45) is 5.73 Å². The maximum Gasteiger partial charge on any atom is 0.212 e. The van der Waals surface area contributed by atoms with Crippen LogP contribution in [0, 0.1) is 0 Å². The van der Waals surface area contributed by atoms with Crippen molar-refractivity contribution in [1.29, 1.82) is 0 Å². The molecule has 1 aliphatic rings. The fraction of sp³-hybridized carbons (Fsp3) is 0.909. The lowest BCUT2D eigenvalue weighted by Gasteiger charge is -2.32. The predicted octanol–water partition coefficient (Wildman–Crippen LogP) is 1.69. The topological polar surface area (TPSA) is 72.2 Å². The first kappa shape index (κ1) is 14.9. The first-order valence-electron chi connectivity index (χ1n) is 6.23. The van der Waals surface area contributed by atoms with Gasteiger partial charge >= 0.3 is 0 Å². The molecule has 1 aliphatic carbocycles. The second-order valence-electron chi connectivity index (χ2n) is 4.78. The average molecular weight is 278 g/mol. The number of thiocarbonyl (C=S) groups is 1. The van der Waals surface area contributed by atoms with E-state index >= 15 is 0 Å². The van der Waals surface area contributed by atoms with Crippen LogP contribution in [0.2, 0.25) is 0 Å². The second-order valence-corrected chi connectivity index (χ2v) is 7.06. The SMILES string of the molecule is CCCS(=O)(=O)NC1(C(N)=S)CCCCCC1. The van der Waals surface area contributed by atoms with Crippen LogP contribution in [0.5, 0.6) is 0 Å². The summed E-state index contributed by atoms with van der Waals surface area (Å²) in [6.45, 7) is 1.85. The lowest BCUT2D eigenvalue weighted by molar-refractivity contribution is 0.440. The minimum atomic E-state index is -3.27. The van der Waals surface area contributed by atoms with Gasteiger partial charge in [0.05, 0.1) is 16.3 Å². The van der Waals surface area contributed by atoms with Crippen LogP contribution in [-0.4, -0.2) is 24.7 Å². The highest BCUT2D eigenvalue weighted by molar-refractivity contribution is 7.89. The quantitative estimate of drug-likeness (QED) is 0.593. The maximum absolute atomic E-state index is 11.9. The Kier molecular flexibility index (Phi) is 5.34. The normalized spacial score (nSPS) is 20.8. The van der Waals surface area contributed by atoms with E-state index in [0.29, 0.717) is 11.4 Å². The minimum Gasteiger partial charge on any atom is -0.392 e. The fourth-order valence-electron chi connectivity index (χ4n) is 2.35.